The molecule has 0 spiro atoms. The second kappa shape index (κ2) is 8.53. The highest BCUT2D eigenvalue weighted by atomic mass is 32.2. The Morgan fingerprint density at radius 1 is 1.28 bits per heavy atom. The number of aromatic nitrogens is 2. The van der Waals surface area contributed by atoms with Crippen molar-refractivity contribution in [3.63, 3.8) is 0 Å². The zero-order valence-electron chi connectivity index (χ0n) is 14.3. The van der Waals surface area contributed by atoms with E-state index in [-0.39, 0.29) is 11.2 Å². The number of ether oxygens (including phenoxy) is 1. The standard InChI is InChI=1S/C17H22N4O2S2/c1-11(15(22)18-12-5-3-4-6-12)24-17-21-20-16(25-17)19-13-7-9-14(23-2)10-8-13/h7-12H,3-6H2,1-2H3,(H,18,22)(H,19,20). The van der Waals surface area contributed by atoms with Crippen LogP contribution in [0.4, 0.5) is 10.8 Å². The van der Waals surface area contributed by atoms with Crippen LogP contribution in [0.2, 0.25) is 0 Å². The number of carbonyl (C=O) groups is 1. The SMILES string of the molecule is COc1ccc(Nc2nnc(SC(C)C(=O)NC3CCCC3)s2)cc1. The fourth-order valence-corrected chi connectivity index (χ4v) is 4.62. The minimum absolute atomic E-state index is 0.0803. The Morgan fingerprint density at radius 3 is 2.68 bits per heavy atom. The van der Waals surface area contributed by atoms with Crippen LogP contribution in [0.1, 0.15) is 32.6 Å². The van der Waals surface area contributed by atoms with Gasteiger partial charge in [0.15, 0.2) is 4.34 Å². The molecule has 134 valence electrons. The van der Waals surface area contributed by atoms with Gasteiger partial charge in [-0.1, -0.05) is 35.9 Å². The quantitative estimate of drug-likeness (QED) is 0.713. The normalized spacial score (nSPS) is 15.8. The first kappa shape index (κ1) is 18.0. The highest BCUT2D eigenvalue weighted by molar-refractivity contribution is 8.02. The molecule has 25 heavy (non-hydrogen) atoms. The van der Waals surface area contributed by atoms with Crippen LogP contribution in [0.15, 0.2) is 28.6 Å². The minimum Gasteiger partial charge on any atom is -0.497 e. The Bertz CT molecular complexity index is 699. The van der Waals surface area contributed by atoms with Crippen molar-refractivity contribution in [2.45, 2.75) is 48.2 Å². The highest BCUT2D eigenvalue weighted by Gasteiger charge is 2.22. The summed E-state index contributed by atoms with van der Waals surface area (Å²) >= 11 is 2.89. The zero-order chi connectivity index (χ0) is 17.6. The van der Waals surface area contributed by atoms with Crippen LogP contribution in [-0.4, -0.2) is 34.5 Å². The van der Waals surface area contributed by atoms with E-state index in [4.69, 9.17) is 4.74 Å². The molecule has 2 aromatic rings. The molecular weight excluding hydrogens is 356 g/mol. The van der Waals surface area contributed by atoms with Gasteiger partial charge in [0.25, 0.3) is 0 Å². The summed E-state index contributed by atoms with van der Waals surface area (Å²) in [5, 5.41) is 15.2. The summed E-state index contributed by atoms with van der Waals surface area (Å²) in [4.78, 5) is 12.3. The van der Waals surface area contributed by atoms with Crippen LogP contribution in [0.25, 0.3) is 0 Å². The molecule has 0 radical (unpaired) electrons. The average molecular weight is 379 g/mol. The molecule has 1 heterocycles. The lowest BCUT2D eigenvalue weighted by Crippen LogP contribution is -2.37. The molecule has 3 rings (SSSR count). The van der Waals surface area contributed by atoms with Crippen molar-refractivity contribution >= 4 is 39.8 Å². The number of carbonyl (C=O) groups excluding carboxylic acids is 1. The number of hydrogen-bond donors (Lipinski definition) is 2. The molecule has 0 aliphatic heterocycles. The van der Waals surface area contributed by atoms with Crippen molar-refractivity contribution in [3.8, 4) is 5.75 Å². The first-order valence-corrected chi connectivity index (χ1v) is 10.1. The predicted molar refractivity (Wildman–Crippen MR) is 102 cm³/mol. The predicted octanol–water partition coefficient (Wildman–Crippen LogP) is 3.83. The summed E-state index contributed by atoms with van der Waals surface area (Å²) in [5.74, 6) is 0.887. The zero-order valence-corrected chi connectivity index (χ0v) is 16.0. The summed E-state index contributed by atoms with van der Waals surface area (Å²) in [7, 11) is 1.64. The third-order valence-electron chi connectivity index (χ3n) is 4.10. The third kappa shape index (κ3) is 5.09. The van der Waals surface area contributed by atoms with Crippen molar-refractivity contribution in [2.75, 3.05) is 12.4 Å². The number of benzene rings is 1. The van der Waals surface area contributed by atoms with Crippen LogP contribution in [0, 0.1) is 0 Å². The Morgan fingerprint density at radius 2 is 2.00 bits per heavy atom. The molecule has 1 fully saturated rings. The fraction of sp³-hybridized carbons (Fsp3) is 0.471. The maximum Gasteiger partial charge on any atom is 0.233 e. The Balaban J connectivity index is 1.52. The van der Waals surface area contributed by atoms with Gasteiger partial charge in [0.05, 0.1) is 12.4 Å². The summed E-state index contributed by atoms with van der Waals surface area (Å²) in [6, 6.07) is 7.95. The van der Waals surface area contributed by atoms with Gasteiger partial charge in [-0.15, -0.1) is 10.2 Å². The van der Waals surface area contributed by atoms with E-state index in [1.165, 1.54) is 35.9 Å². The Kier molecular flexibility index (Phi) is 6.14. The molecule has 1 aliphatic carbocycles. The monoisotopic (exact) mass is 378 g/mol. The van der Waals surface area contributed by atoms with E-state index in [0.29, 0.717) is 11.2 Å². The van der Waals surface area contributed by atoms with E-state index >= 15 is 0 Å². The van der Waals surface area contributed by atoms with Gasteiger partial charge in [-0.05, 0) is 44.0 Å². The van der Waals surface area contributed by atoms with Gasteiger partial charge in [0.1, 0.15) is 5.75 Å². The second-order valence-corrected chi connectivity index (χ2v) is 8.54. The lowest BCUT2D eigenvalue weighted by atomic mass is 10.2. The molecular formula is C17H22N4O2S2. The molecule has 2 N–H and O–H groups in total. The topological polar surface area (TPSA) is 76.1 Å². The van der Waals surface area contributed by atoms with Crippen LogP contribution < -0.4 is 15.4 Å². The first-order chi connectivity index (χ1) is 12.1. The van der Waals surface area contributed by atoms with Crippen molar-refractivity contribution in [1.82, 2.24) is 15.5 Å². The molecule has 1 amide bonds. The van der Waals surface area contributed by atoms with Crippen LogP contribution in [0.3, 0.4) is 0 Å². The fourth-order valence-electron chi connectivity index (χ4n) is 2.70. The maximum absolute atomic E-state index is 12.3. The second-order valence-electron chi connectivity index (χ2n) is 5.98. The van der Waals surface area contributed by atoms with Crippen LogP contribution in [0.5, 0.6) is 5.75 Å². The van der Waals surface area contributed by atoms with E-state index in [2.05, 4.69) is 20.8 Å². The number of anilines is 2. The molecule has 6 nitrogen and oxygen atoms in total. The summed E-state index contributed by atoms with van der Waals surface area (Å²) in [5.41, 5.74) is 0.917. The molecule has 8 heteroatoms. The molecule has 1 saturated carbocycles. The summed E-state index contributed by atoms with van der Waals surface area (Å²) in [6.07, 6.45) is 4.61. The molecule has 0 saturated heterocycles. The number of methoxy groups -OCH3 is 1. The number of rotatable bonds is 7. The van der Waals surface area contributed by atoms with Crippen molar-refractivity contribution < 1.29 is 9.53 Å². The molecule has 1 aliphatic rings. The highest BCUT2D eigenvalue weighted by Crippen LogP contribution is 2.31. The van der Waals surface area contributed by atoms with E-state index in [9.17, 15) is 4.79 Å². The lowest BCUT2D eigenvalue weighted by molar-refractivity contribution is -0.120. The number of amides is 1. The summed E-state index contributed by atoms with van der Waals surface area (Å²) < 4.78 is 5.93. The Hall–Kier alpha value is -1.80. The van der Waals surface area contributed by atoms with Gasteiger partial charge in [-0.25, -0.2) is 0 Å². The van der Waals surface area contributed by atoms with Gasteiger partial charge in [0, 0.05) is 11.7 Å². The molecule has 1 unspecified atom stereocenters. The van der Waals surface area contributed by atoms with Gasteiger partial charge in [-0.3, -0.25) is 4.79 Å². The van der Waals surface area contributed by atoms with E-state index in [0.717, 1.165) is 28.6 Å². The van der Waals surface area contributed by atoms with Gasteiger partial charge < -0.3 is 15.4 Å². The van der Waals surface area contributed by atoms with Crippen molar-refractivity contribution in [1.29, 1.82) is 0 Å². The molecule has 1 aromatic heterocycles. The number of nitrogens with one attached hydrogen (secondary N) is 2. The number of nitrogens with zero attached hydrogens (tertiary/aromatic N) is 2. The third-order valence-corrected chi connectivity index (χ3v) is 6.12. The van der Waals surface area contributed by atoms with Crippen molar-refractivity contribution in [2.24, 2.45) is 0 Å². The van der Waals surface area contributed by atoms with E-state index < -0.39 is 0 Å². The molecule has 1 atom stereocenters. The molecule has 0 bridgehead atoms. The van der Waals surface area contributed by atoms with Gasteiger partial charge >= 0.3 is 0 Å². The summed E-state index contributed by atoms with van der Waals surface area (Å²) in [6.45, 7) is 1.91. The Labute approximate surface area is 155 Å². The number of hydrogen-bond acceptors (Lipinski definition) is 7. The van der Waals surface area contributed by atoms with Gasteiger partial charge in [0.2, 0.25) is 11.0 Å². The number of thioether (sulfide) groups is 1. The maximum atomic E-state index is 12.3. The van der Waals surface area contributed by atoms with Crippen LogP contribution >= 0.6 is 23.1 Å². The lowest BCUT2D eigenvalue weighted by Gasteiger charge is -2.15. The minimum atomic E-state index is -0.178. The van der Waals surface area contributed by atoms with Gasteiger partial charge in [-0.2, -0.15) is 0 Å². The van der Waals surface area contributed by atoms with Crippen LogP contribution in [-0.2, 0) is 4.79 Å². The van der Waals surface area contributed by atoms with E-state index in [1.54, 1.807) is 7.11 Å². The smallest absolute Gasteiger partial charge is 0.233 e. The molecule has 1 aromatic carbocycles. The van der Waals surface area contributed by atoms with Crippen molar-refractivity contribution in [3.05, 3.63) is 24.3 Å². The first-order valence-electron chi connectivity index (χ1n) is 8.35. The largest absolute Gasteiger partial charge is 0.497 e. The average Bonchev–Trinajstić information content (AvgIpc) is 3.27. The van der Waals surface area contributed by atoms with E-state index in [1.807, 2.05) is 31.2 Å².